The van der Waals surface area contributed by atoms with Crippen molar-refractivity contribution in [3.63, 3.8) is 0 Å². The average molecular weight is 640 g/mol. The van der Waals surface area contributed by atoms with Crippen LogP contribution in [0.1, 0.15) is 27.0 Å². The monoisotopic (exact) mass is 638 g/mol. The Morgan fingerprint density at radius 2 is 1.29 bits per heavy atom. The van der Waals surface area contributed by atoms with E-state index in [0.29, 0.717) is 30.9 Å². The number of nitrogens with two attached hydrogens (primary N) is 1. The van der Waals surface area contributed by atoms with Gasteiger partial charge in [-0.05, 0) is 78.9 Å². The molecule has 0 aromatic heterocycles. The van der Waals surface area contributed by atoms with Crippen molar-refractivity contribution in [3.8, 4) is 11.5 Å². The van der Waals surface area contributed by atoms with Gasteiger partial charge in [0, 0.05) is 11.8 Å². The summed E-state index contributed by atoms with van der Waals surface area (Å²) in [5.74, 6) is 1.13. The van der Waals surface area contributed by atoms with Crippen LogP contribution in [0, 0.1) is 10.1 Å². The summed E-state index contributed by atoms with van der Waals surface area (Å²) < 4.78 is 12.0. The van der Waals surface area contributed by atoms with Crippen molar-refractivity contribution in [3.05, 3.63) is 133 Å². The number of carbonyl (C=O) groups excluding carboxylic acids is 1. The molecule has 0 amide bonds. The molecule has 0 spiro atoms. The molecule has 0 saturated heterocycles. The van der Waals surface area contributed by atoms with Gasteiger partial charge < -0.3 is 15.2 Å². The van der Waals surface area contributed by atoms with Crippen molar-refractivity contribution < 1.29 is 19.2 Å². The number of anilines is 1. The van der Waals surface area contributed by atoms with Crippen molar-refractivity contribution in [1.82, 2.24) is 0 Å². The Labute approximate surface area is 237 Å². The molecule has 0 bridgehead atoms. The van der Waals surface area contributed by atoms with Crippen molar-refractivity contribution in [2.24, 2.45) is 0 Å². The minimum atomic E-state index is -0.598. The molecule has 4 rings (SSSR count). The van der Waals surface area contributed by atoms with Crippen molar-refractivity contribution >= 4 is 55.6 Å². The van der Waals surface area contributed by atoms with Gasteiger partial charge in [-0.25, -0.2) is 0 Å². The fraction of sp³-hybridized carbons (Fsp3) is 0.0690. The molecule has 0 aliphatic carbocycles. The number of nitrogen functional groups attached to an aromatic ring is 1. The minimum Gasteiger partial charge on any atom is -0.489 e. The highest BCUT2D eigenvalue weighted by Crippen LogP contribution is 2.26. The molecule has 0 heterocycles. The molecule has 2 N–H and O–H groups in total. The molecule has 0 fully saturated rings. The maximum absolute atomic E-state index is 10.8. The number of nitrogens with zero attached hydrogens (tertiary/aromatic N) is 1. The van der Waals surface area contributed by atoms with Gasteiger partial charge in [0.25, 0.3) is 5.69 Å². The Bertz CT molecular complexity index is 1390. The number of ether oxygens (including phenoxy) is 2. The summed E-state index contributed by atoms with van der Waals surface area (Å²) in [5, 5.41) is 10.8. The maximum atomic E-state index is 10.8. The summed E-state index contributed by atoms with van der Waals surface area (Å²) in [6, 6.07) is 29.3. The number of hydrogen-bond acceptors (Lipinski definition) is 6. The minimum absolute atomic E-state index is 0.0389. The largest absolute Gasteiger partial charge is 0.489 e. The Hall–Kier alpha value is -3.95. The predicted octanol–water partition coefficient (Wildman–Crippen LogP) is 7.92. The summed E-state index contributed by atoms with van der Waals surface area (Å²) >= 11 is 6.63. The first-order valence-electron chi connectivity index (χ1n) is 11.3. The van der Waals surface area contributed by atoms with Gasteiger partial charge in [-0.1, -0.05) is 60.7 Å². The lowest BCUT2D eigenvalue weighted by molar-refractivity contribution is -0.385. The standard InChI is InChI=1S/C15H13Br2NO.C14H11NO4/c16-15(17)8-12-6-7-13(9-14(12)18)19-10-11-4-2-1-3-5-11;16-9-12-6-7-13(8-14(12)15(17)18)19-10-11-4-2-1-3-5-11/h1-9H,10,18H2;1-9H,10H2. The van der Waals surface area contributed by atoms with Crippen LogP contribution in [-0.4, -0.2) is 11.2 Å². The van der Waals surface area contributed by atoms with Gasteiger partial charge in [0.05, 0.1) is 19.9 Å². The van der Waals surface area contributed by atoms with Gasteiger partial charge in [-0.15, -0.1) is 0 Å². The molecular formula is C29H24Br2N2O5. The topological polar surface area (TPSA) is 105 Å². The second kappa shape index (κ2) is 14.7. The van der Waals surface area contributed by atoms with E-state index in [1.807, 2.05) is 84.9 Å². The van der Waals surface area contributed by atoms with Crippen molar-refractivity contribution in [1.29, 1.82) is 0 Å². The Morgan fingerprint density at radius 3 is 1.74 bits per heavy atom. The molecular weight excluding hydrogens is 616 g/mol. The van der Waals surface area contributed by atoms with Crippen LogP contribution in [-0.2, 0) is 13.2 Å². The van der Waals surface area contributed by atoms with E-state index in [2.05, 4.69) is 31.9 Å². The summed E-state index contributed by atoms with van der Waals surface area (Å²) in [4.78, 5) is 20.9. The summed E-state index contributed by atoms with van der Waals surface area (Å²) in [6.45, 7) is 0.857. The van der Waals surface area contributed by atoms with Gasteiger partial charge in [-0.2, -0.15) is 0 Å². The van der Waals surface area contributed by atoms with E-state index in [1.165, 1.54) is 12.1 Å². The first-order valence-corrected chi connectivity index (χ1v) is 12.9. The molecule has 4 aromatic carbocycles. The van der Waals surface area contributed by atoms with Gasteiger partial charge in [0.2, 0.25) is 0 Å². The van der Waals surface area contributed by atoms with Gasteiger partial charge in [0.1, 0.15) is 24.7 Å². The molecule has 0 aliphatic heterocycles. The lowest BCUT2D eigenvalue weighted by atomic mass is 10.2. The first kappa shape index (κ1) is 28.6. The smallest absolute Gasteiger partial charge is 0.283 e. The molecule has 0 unspecified atom stereocenters. The van der Waals surface area contributed by atoms with Crippen LogP contribution >= 0.6 is 31.9 Å². The van der Waals surface area contributed by atoms with Crippen LogP contribution in [0.2, 0.25) is 0 Å². The third-order valence-corrected chi connectivity index (χ3v) is 5.60. The summed E-state index contributed by atoms with van der Waals surface area (Å²) in [7, 11) is 0. The normalized spacial score (nSPS) is 9.95. The lowest BCUT2D eigenvalue weighted by Crippen LogP contribution is -1.98. The third-order valence-electron chi connectivity index (χ3n) is 5.15. The van der Waals surface area contributed by atoms with Crippen molar-refractivity contribution in [2.75, 3.05) is 5.73 Å². The highest BCUT2D eigenvalue weighted by Gasteiger charge is 2.14. The fourth-order valence-electron chi connectivity index (χ4n) is 3.24. The van der Waals surface area contributed by atoms with E-state index in [0.717, 1.165) is 25.8 Å². The molecule has 9 heteroatoms. The average Bonchev–Trinajstić information content (AvgIpc) is 2.93. The molecule has 0 aliphatic rings. The van der Waals surface area contributed by atoms with Crippen LogP contribution in [0.15, 0.2) is 100 Å². The zero-order valence-electron chi connectivity index (χ0n) is 20.1. The van der Waals surface area contributed by atoms with Gasteiger partial charge in [-0.3, -0.25) is 14.9 Å². The second-order valence-electron chi connectivity index (χ2n) is 7.87. The summed E-state index contributed by atoms with van der Waals surface area (Å²) in [6.07, 6.45) is 2.36. The van der Waals surface area contributed by atoms with E-state index in [-0.39, 0.29) is 11.3 Å². The van der Waals surface area contributed by atoms with E-state index in [9.17, 15) is 14.9 Å². The third kappa shape index (κ3) is 9.17. The molecule has 0 radical (unpaired) electrons. The molecule has 4 aromatic rings. The second-order valence-corrected chi connectivity index (χ2v) is 10.6. The van der Waals surface area contributed by atoms with E-state index in [1.54, 1.807) is 6.07 Å². The number of hydrogen-bond donors (Lipinski definition) is 1. The van der Waals surface area contributed by atoms with Crippen LogP contribution in [0.4, 0.5) is 11.4 Å². The predicted molar refractivity (Wildman–Crippen MR) is 157 cm³/mol. The zero-order chi connectivity index (χ0) is 27.3. The molecule has 38 heavy (non-hydrogen) atoms. The Morgan fingerprint density at radius 1 is 0.789 bits per heavy atom. The number of halogens is 2. The Kier molecular flexibility index (Phi) is 11.1. The van der Waals surface area contributed by atoms with Crippen LogP contribution in [0.3, 0.4) is 0 Å². The van der Waals surface area contributed by atoms with E-state index in [4.69, 9.17) is 15.2 Å². The quantitative estimate of drug-likeness (QED) is 0.0863. The first-order chi connectivity index (χ1) is 18.4. The number of rotatable bonds is 9. The number of nitro benzene ring substituents is 1. The number of carbonyl (C=O) groups is 1. The SMILES string of the molecule is Nc1cc(OCc2ccccc2)ccc1C=C(Br)Br.O=Cc1ccc(OCc2ccccc2)cc1[N+](=O)[O-]. The molecule has 0 atom stereocenters. The molecule has 0 saturated carbocycles. The highest BCUT2D eigenvalue weighted by molar-refractivity contribution is 9.28. The molecule has 194 valence electrons. The molecule has 7 nitrogen and oxygen atoms in total. The number of nitro groups is 1. The van der Waals surface area contributed by atoms with Gasteiger partial charge in [0.15, 0.2) is 6.29 Å². The van der Waals surface area contributed by atoms with Crippen molar-refractivity contribution in [2.45, 2.75) is 13.2 Å². The fourth-order valence-corrected chi connectivity index (χ4v) is 3.74. The maximum Gasteiger partial charge on any atom is 0.283 e. The van der Waals surface area contributed by atoms with Crippen LogP contribution < -0.4 is 15.2 Å². The number of aldehydes is 1. The number of benzene rings is 4. The van der Waals surface area contributed by atoms with E-state index < -0.39 is 4.92 Å². The Balaban J connectivity index is 0.000000211. The summed E-state index contributed by atoms with van der Waals surface area (Å²) in [5.41, 5.74) is 9.48. The lowest BCUT2D eigenvalue weighted by Gasteiger charge is -2.08. The van der Waals surface area contributed by atoms with E-state index >= 15 is 0 Å². The van der Waals surface area contributed by atoms with Gasteiger partial charge >= 0.3 is 0 Å². The highest BCUT2D eigenvalue weighted by atomic mass is 79.9. The van der Waals surface area contributed by atoms with Crippen LogP contribution in [0.25, 0.3) is 6.08 Å². The van der Waals surface area contributed by atoms with Crippen LogP contribution in [0.5, 0.6) is 11.5 Å². The zero-order valence-corrected chi connectivity index (χ0v) is 23.3.